The maximum atomic E-state index is 11.6. The zero-order valence-corrected chi connectivity index (χ0v) is 10.8. The molecular formula is C13H23NO3. The summed E-state index contributed by atoms with van der Waals surface area (Å²) in [4.78, 5) is 11.6. The molecule has 0 amide bonds. The van der Waals surface area contributed by atoms with Crippen molar-refractivity contribution in [3.8, 4) is 0 Å². The minimum Gasteiger partial charge on any atom is -0.469 e. The summed E-state index contributed by atoms with van der Waals surface area (Å²) in [7, 11) is 1.42. The van der Waals surface area contributed by atoms with Crippen LogP contribution in [0, 0.1) is 11.8 Å². The molecule has 4 nitrogen and oxygen atoms in total. The number of nitrogens with zero attached hydrogens (tertiary/aromatic N) is 1. The number of methoxy groups -OCH3 is 1. The molecule has 0 heterocycles. The molecule has 1 N–H and O–H groups in total. The van der Waals surface area contributed by atoms with E-state index >= 15 is 0 Å². The van der Waals surface area contributed by atoms with Crippen molar-refractivity contribution >= 4 is 11.7 Å². The predicted molar refractivity (Wildman–Crippen MR) is 66.2 cm³/mol. The Morgan fingerprint density at radius 2 is 2.24 bits per heavy atom. The summed E-state index contributed by atoms with van der Waals surface area (Å²) in [6.45, 7) is 2.17. The van der Waals surface area contributed by atoms with E-state index in [4.69, 9.17) is 9.94 Å². The highest BCUT2D eigenvalue weighted by molar-refractivity contribution is 5.93. The summed E-state index contributed by atoms with van der Waals surface area (Å²) < 4.78 is 4.81. The van der Waals surface area contributed by atoms with Gasteiger partial charge in [-0.25, -0.2) is 0 Å². The first-order chi connectivity index (χ1) is 8.24. The number of oxime groups is 1. The summed E-state index contributed by atoms with van der Waals surface area (Å²) in [5.74, 6) is -0.180. The summed E-state index contributed by atoms with van der Waals surface area (Å²) in [5.41, 5.74) is 0.775. The summed E-state index contributed by atoms with van der Waals surface area (Å²) in [5, 5.41) is 12.3. The summed E-state index contributed by atoms with van der Waals surface area (Å²) in [6, 6.07) is 0. The van der Waals surface area contributed by atoms with Crippen LogP contribution in [0.25, 0.3) is 0 Å². The van der Waals surface area contributed by atoms with Gasteiger partial charge in [-0.3, -0.25) is 4.79 Å². The molecule has 98 valence electrons. The first-order valence-electron chi connectivity index (χ1n) is 6.53. The van der Waals surface area contributed by atoms with Crippen LogP contribution in [0.5, 0.6) is 0 Å². The number of esters is 1. The van der Waals surface area contributed by atoms with Crippen LogP contribution in [0.4, 0.5) is 0 Å². The highest BCUT2D eigenvalue weighted by atomic mass is 16.5. The van der Waals surface area contributed by atoms with Gasteiger partial charge >= 0.3 is 5.97 Å². The molecule has 0 aromatic carbocycles. The van der Waals surface area contributed by atoms with Crippen LogP contribution in [-0.2, 0) is 9.53 Å². The predicted octanol–water partition coefficient (Wildman–Crippen LogP) is 2.99. The Labute approximate surface area is 103 Å². The van der Waals surface area contributed by atoms with E-state index in [0.29, 0.717) is 6.42 Å². The zero-order valence-electron chi connectivity index (χ0n) is 10.8. The first-order valence-corrected chi connectivity index (χ1v) is 6.53. The van der Waals surface area contributed by atoms with Crippen molar-refractivity contribution in [3.63, 3.8) is 0 Å². The fourth-order valence-electron chi connectivity index (χ4n) is 2.64. The Balaban J connectivity index is 2.52. The largest absolute Gasteiger partial charge is 0.469 e. The van der Waals surface area contributed by atoms with E-state index in [-0.39, 0.29) is 17.8 Å². The first kappa shape index (κ1) is 14.0. The van der Waals surface area contributed by atoms with Crippen LogP contribution in [0.3, 0.4) is 0 Å². The average molecular weight is 241 g/mol. The van der Waals surface area contributed by atoms with Gasteiger partial charge < -0.3 is 9.94 Å². The molecule has 0 spiro atoms. The highest BCUT2D eigenvalue weighted by Gasteiger charge is 2.38. The number of carbonyl (C=O) groups is 1. The van der Waals surface area contributed by atoms with Gasteiger partial charge in [0.1, 0.15) is 0 Å². The van der Waals surface area contributed by atoms with Gasteiger partial charge in [0, 0.05) is 5.92 Å². The Hall–Kier alpha value is -1.06. The van der Waals surface area contributed by atoms with Gasteiger partial charge in [-0.1, -0.05) is 37.8 Å². The molecule has 0 radical (unpaired) electrons. The van der Waals surface area contributed by atoms with Gasteiger partial charge in [0.15, 0.2) is 0 Å². The maximum absolute atomic E-state index is 11.6. The van der Waals surface area contributed by atoms with Crippen molar-refractivity contribution in [2.45, 2.75) is 51.9 Å². The quantitative estimate of drug-likeness (QED) is 0.336. The Morgan fingerprint density at radius 1 is 1.47 bits per heavy atom. The molecule has 1 fully saturated rings. The molecule has 0 unspecified atom stereocenters. The van der Waals surface area contributed by atoms with E-state index in [1.165, 1.54) is 26.4 Å². The summed E-state index contributed by atoms with van der Waals surface area (Å²) >= 11 is 0. The maximum Gasteiger partial charge on any atom is 0.309 e. The van der Waals surface area contributed by atoms with Crippen LogP contribution in [0.1, 0.15) is 51.9 Å². The topological polar surface area (TPSA) is 58.9 Å². The Morgan fingerprint density at radius 3 is 2.82 bits per heavy atom. The molecule has 0 aromatic rings. The summed E-state index contributed by atoms with van der Waals surface area (Å²) in [6.07, 6.45) is 7.09. The second-order valence-corrected chi connectivity index (χ2v) is 4.72. The number of hydrogen-bond donors (Lipinski definition) is 1. The molecule has 0 aromatic heterocycles. The SMILES string of the molecule is CCCCCC[C@H]1/C(=N\O)CC[C@H]1C(=O)OC. The number of ether oxygens (including phenoxy) is 1. The highest BCUT2D eigenvalue weighted by Crippen LogP contribution is 2.34. The molecule has 0 aliphatic heterocycles. The third-order valence-electron chi connectivity index (χ3n) is 3.63. The molecule has 1 aliphatic carbocycles. The number of unbranched alkanes of at least 4 members (excludes halogenated alkanes) is 3. The van der Waals surface area contributed by atoms with Gasteiger partial charge in [-0.05, 0) is 19.3 Å². The lowest BCUT2D eigenvalue weighted by Crippen LogP contribution is -2.23. The van der Waals surface area contributed by atoms with Crippen LogP contribution in [0.2, 0.25) is 0 Å². The van der Waals surface area contributed by atoms with E-state index in [9.17, 15) is 4.79 Å². The lowest BCUT2D eigenvalue weighted by molar-refractivity contribution is -0.146. The molecule has 4 heteroatoms. The number of hydrogen-bond acceptors (Lipinski definition) is 4. The molecule has 2 atom stereocenters. The molecule has 0 saturated heterocycles. The standard InChI is InChI=1S/C13H23NO3/c1-3-4-5-6-7-10-11(13(15)17-2)8-9-12(10)14-16/h10-11,16H,3-9H2,1-2H3/b14-12-/t10-,11-/m1/s1. The minimum atomic E-state index is -0.163. The Bertz CT molecular complexity index is 276. The van der Waals surface area contributed by atoms with E-state index in [1.807, 2.05) is 0 Å². The van der Waals surface area contributed by atoms with Crippen LogP contribution in [0.15, 0.2) is 5.16 Å². The fraction of sp³-hybridized carbons (Fsp3) is 0.846. The van der Waals surface area contributed by atoms with Crippen molar-refractivity contribution in [2.75, 3.05) is 7.11 Å². The van der Waals surface area contributed by atoms with Crippen LogP contribution >= 0.6 is 0 Å². The molecule has 1 rings (SSSR count). The van der Waals surface area contributed by atoms with Gasteiger partial charge in [0.25, 0.3) is 0 Å². The van der Waals surface area contributed by atoms with Gasteiger partial charge in [-0.15, -0.1) is 0 Å². The fourth-order valence-corrected chi connectivity index (χ4v) is 2.64. The van der Waals surface area contributed by atoms with E-state index in [0.717, 1.165) is 25.0 Å². The van der Waals surface area contributed by atoms with E-state index < -0.39 is 0 Å². The molecule has 1 saturated carbocycles. The number of carbonyl (C=O) groups excluding carboxylic acids is 1. The second-order valence-electron chi connectivity index (χ2n) is 4.72. The average Bonchev–Trinajstić information content (AvgIpc) is 2.76. The third kappa shape index (κ3) is 3.72. The van der Waals surface area contributed by atoms with Crippen molar-refractivity contribution in [1.82, 2.24) is 0 Å². The zero-order chi connectivity index (χ0) is 12.7. The van der Waals surface area contributed by atoms with Crippen LogP contribution in [-0.4, -0.2) is 24.0 Å². The van der Waals surface area contributed by atoms with Gasteiger partial charge in [-0.2, -0.15) is 0 Å². The number of rotatable bonds is 6. The van der Waals surface area contributed by atoms with Crippen molar-refractivity contribution in [2.24, 2.45) is 17.0 Å². The smallest absolute Gasteiger partial charge is 0.309 e. The minimum absolute atomic E-state index is 0.0873. The van der Waals surface area contributed by atoms with E-state index in [2.05, 4.69) is 12.1 Å². The third-order valence-corrected chi connectivity index (χ3v) is 3.63. The molecule has 1 aliphatic rings. The molecular weight excluding hydrogens is 218 g/mol. The van der Waals surface area contributed by atoms with Crippen LogP contribution < -0.4 is 0 Å². The molecule has 17 heavy (non-hydrogen) atoms. The normalized spacial score (nSPS) is 26.4. The Kier molecular flexibility index (Phi) is 6.01. The van der Waals surface area contributed by atoms with Crippen molar-refractivity contribution in [3.05, 3.63) is 0 Å². The molecule has 0 bridgehead atoms. The van der Waals surface area contributed by atoms with Crippen molar-refractivity contribution < 1.29 is 14.7 Å². The second kappa shape index (κ2) is 7.30. The van der Waals surface area contributed by atoms with Gasteiger partial charge in [0.05, 0.1) is 18.7 Å². The van der Waals surface area contributed by atoms with Gasteiger partial charge in [0.2, 0.25) is 0 Å². The van der Waals surface area contributed by atoms with Crippen molar-refractivity contribution in [1.29, 1.82) is 0 Å². The lowest BCUT2D eigenvalue weighted by atomic mass is 9.89. The monoisotopic (exact) mass is 241 g/mol. The lowest BCUT2D eigenvalue weighted by Gasteiger charge is -2.17. The van der Waals surface area contributed by atoms with E-state index in [1.54, 1.807) is 0 Å².